The van der Waals surface area contributed by atoms with Crippen LogP contribution in [-0.2, 0) is 9.47 Å². The molecule has 0 atom stereocenters. The predicted octanol–water partition coefficient (Wildman–Crippen LogP) is 3.24. The van der Waals surface area contributed by atoms with Gasteiger partial charge in [0, 0.05) is 6.61 Å². The summed E-state index contributed by atoms with van der Waals surface area (Å²) in [5, 5.41) is 0. The van der Waals surface area contributed by atoms with Crippen molar-refractivity contribution in [2.75, 3.05) is 26.4 Å². The summed E-state index contributed by atoms with van der Waals surface area (Å²) >= 11 is 0. The second-order valence-electron chi connectivity index (χ2n) is 4.27. The fourth-order valence-electron chi connectivity index (χ4n) is 1.70. The van der Waals surface area contributed by atoms with E-state index in [1.54, 1.807) is 0 Å². The monoisotopic (exact) mass is 243 g/mol. The molecule has 0 rings (SSSR count). The van der Waals surface area contributed by atoms with Crippen molar-refractivity contribution in [2.24, 2.45) is 5.73 Å². The van der Waals surface area contributed by atoms with E-state index in [2.05, 4.69) is 6.58 Å². The topological polar surface area (TPSA) is 44.5 Å². The van der Waals surface area contributed by atoms with Crippen molar-refractivity contribution in [3.8, 4) is 0 Å². The summed E-state index contributed by atoms with van der Waals surface area (Å²) in [6, 6.07) is 0. The first-order chi connectivity index (χ1) is 8.41. The highest BCUT2D eigenvalue weighted by Gasteiger charge is 1.92. The number of hydrogen-bond donors (Lipinski definition) is 1. The normalized spacial score (nSPS) is 10.4. The molecule has 0 aliphatic heterocycles. The first-order valence-corrected chi connectivity index (χ1v) is 6.92. The van der Waals surface area contributed by atoms with Gasteiger partial charge in [-0.3, -0.25) is 0 Å². The van der Waals surface area contributed by atoms with Crippen LogP contribution < -0.4 is 5.73 Å². The van der Waals surface area contributed by atoms with Gasteiger partial charge in [0.15, 0.2) is 0 Å². The van der Waals surface area contributed by atoms with Gasteiger partial charge in [0.1, 0.15) is 6.61 Å². The molecule has 0 bridgehead atoms. The van der Waals surface area contributed by atoms with Gasteiger partial charge in [-0.2, -0.15) is 0 Å². The quantitative estimate of drug-likeness (QED) is 0.376. The van der Waals surface area contributed by atoms with Crippen molar-refractivity contribution >= 4 is 0 Å². The molecule has 0 aromatic heterocycles. The van der Waals surface area contributed by atoms with Gasteiger partial charge in [-0.1, -0.05) is 45.1 Å². The lowest BCUT2D eigenvalue weighted by molar-refractivity contribution is 0.0826. The Kier molecular flexibility index (Phi) is 15.0. The fourth-order valence-corrected chi connectivity index (χ4v) is 1.70. The highest BCUT2D eigenvalue weighted by molar-refractivity contribution is 4.49. The highest BCUT2D eigenvalue weighted by atomic mass is 16.5. The first-order valence-electron chi connectivity index (χ1n) is 6.92. The van der Waals surface area contributed by atoms with Crippen LogP contribution in [0.4, 0.5) is 0 Å². The van der Waals surface area contributed by atoms with Crippen LogP contribution in [0.5, 0.6) is 0 Å². The molecule has 0 unspecified atom stereocenters. The van der Waals surface area contributed by atoms with Crippen molar-refractivity contribution in [1.29, 1.82) is 0 Å². The fraction of sp³-hybridized carbons (Fsp3) is 0.857. The van der Waals surface area contributed by atoms with E-state index in [9.17, 15) is 0 Å². The van der Waals surface area contributed by atoms with Crippen LogP contribution >= 0.6 is 0 Å². The Hall–Kier alpha value is -0.540. The average molecular weight is 243 g/mol. The third-order valence-corrected chi connectivity index (χ3v) is 2.71. The van der Waals surface area contributed by atoms with Gasteiger partial charge in [-0.25, -0.2) is 0 Å². The van der Waals surface area contributed by atoms with E-state index < -0.39 is 0 Å². The van der Waals surface area contributed by atoms with Crippen molar-refractivity contribution in [3.63, 3.8) is 0 Å². The minimum absolute atomic E-state index is 0.616. The zero-order chi connectivity index (χ0) is 12.6. The van der Waals surface area contributed by atoms with Gasteiger partial charge in [-0.15, -0.1) is 0 Å². The lowest BCUT2D eigenvalue weighted by Crippen LogP contribution is -2.02. The molecule has 3 nitrogen and oxygen atoms in total. The van der Waals surface area contributed by atoms with Crippen molar-refractivity contribution in [3.05, 3.63) is 12.8 Å². The maximum Gasteiger partial charge on any atom is 0.111 e. The number of rotatable bonds is 14. The molecule has 0 amide bonds. The molecule has 0 aromatic carbocycles. The van der Waals surface area contributed by atoms with Crippen LogP contribution in [0.1, 0.15) is 51.4 Å². The van der Waals surface area contributed by atoms with Gasteiger partial charge in [0.25, 0.3) is 0 Å². The van der Waals surface area contributed by atoms with Crippen LogP contribution in [-0.4, -0.2) is 26.4 Å². The third kappa shape index (κ3) is 15.5. The smallest absolute Gasteiger partial charge is 0.111 e. The highest BCUT2D eigenvalue weighted by Crippen LogP contribution is 2.08. The Bertz CT molecular complexity index is 151. The zero-order valence-corrected chi connectivity index (χ0v) is 11.2. The maximum absolute atomic E-state index is 5.44. The van der Waals surface area contributed by atoms with Gasteiger partial charge >= 0.3 is 0 Å². The van der Waals surface area contributed by atoms with Crippen LogP contribution in [0.25, 0.3) is 0 Å². The molecule has 0 aliphatic rings. The summed E-state index contributed by atoms with van der Waals surface area (Å²) in [5.41, 5.74) is 5.44. The molecular weight excluding hydrogens is 214 g/mol. The summed E-state index contributed by atoms with van der Waals surface area (Å²) in [5.74, 6) is 0. The second-order valence-corrected chi connectivity index (χ2v) is 4.27. The van der Waals surface area contributed by atoms with Gasteiger partial charge in [-0.05, 0) is 19.4 Å². The molecule has 2 N–H and O–H groups in total. The minimum atomic E-state index is 0.616. The second kappa shape index (κ2) is 15.5. The van der Waals surface area contributed by atoms with Crippen molar-refractivity contribution in [1.82, 2.24) is 0 Å². The van der Waals surface area contributed by atoms with Crippen LogP contribution in [0.2, 0.25) is 0 Å². The van der Waals surface area contributed by atoms with E-state index in [-0.39, 0.29) is 0 Å². The molecule has 0 spiro atoms. The number of ether oxygens (including phenoxy) is 2. The third-order valence-electron chi connectivity index (χ3n) is 2.71. The SMILES string of the molecule is C=COCCOCCCCCCCCCCN. The van der Waals surface area contributed by atoms with E-state index >= 15 is 0 Å². The Labute approximate surface area is 106 Å². The van der Waals surface area contributed by atoms with Crippen LogP contribution in [0.3, 0.4) is 0 Å². The molecule has 17 heavy (non-hydrogen) atoms. The molecule has 0 fully saturated rings. The molecule has 0 heterocycles. The van der Waals surface area contributed by atoms with E-state index in [1.165, 1.54) is 51.2 Å². The summed E-state index contributed by atoms with van der Waals surface area (Å²) in [4.78, 5) is 0. The van der Waals surface area contributed by atoms with Crippen molar-refractivity contribution in [2.45, 2.75) is 51.4 Å². The standard InChI is InChI=1S/C14H29NO2/c1-2-16-13-14-17-12-10-8-6-4-3-5-7-9-11-15/h2H,1,3-15H2. The average Bonchev–Trinajstić information content (AvgIpc) is 2.35. The van der Waals surface area contributed by atoms with Gasteiger partial charge in [0.05, 0.1) is 12.9 Å². The van der Waals surface area contributed by atoms with Crippen LogP contribution in [0, 0.1) is 0 Å². The van der Waals surface area contributed by atoms with Gasteiger partial charge in [0.2, 0.25) is 0 Å². The summed E-state index contributed by atoms with van der Waals surface area (Å²) in [6.07, 6.45) is 11.7. The minimum Gasteiger partial charge on any atom is -0.499 e. The molecule has 0 saturated carbocycles. The summed E-state index contributed by atoms with van der Waals surface area (Å²) in [6.45, 7) is 6.45. The molecule has 0 saturated heterocycles. The lowest BCUT2D eigenvalue weighted by Gasteiger charge is -2.04. The van der Waals surface area contributed by atoms with E-state index in [1.807, 2.05) is 0 Å². The lowest BCUT2D eigenvalue weighted by atomic mass is 10.1. The Balaban J connectivity index is 2.87. The summed E-state index contributed by atoms with van der Waals surface area (Å²) < 4.78 is 10.4. The number of nitrogens with two attached hydrogens (primary N) is 1. The number of unbranched alkanes of at least 4 members (excludes halogenated alkanes) is 7. The van der Waals surface area contributed by atoms with Crippen LogP contribution in [0.15, 0.2) is 12.8 Å². The molecule has 0 radical (unpaired) electrons. The number of hydrogen-bond acceptors (Lipinski definition) is 3. The first kappa shape index (κ1) is 16.5. The Morgan fingerprint density at radius 2 is 1.35 bits per heavy atom. The van der Waals surface area contributed by atoms with Crippen molar-refractivity contribution < 1.29 is 9.47 Å². The maximum atomic E-state index is 5.44. The van der Waals surface area contributed by atoms with E-state index in [0.29, 0.717) is 13.2 Å². The predicted molar refractivity (Wildman–Crippen MR) is 73.0 cm³/mol. The molecular formula is C14H29NO2. The Morgan fingerprint density at radius 3 is 1.94 bits per heavy atom. The molecule has 0 aliphatic carbocycles. The van der Waals surface area contributed by atoms with Gasteiger partial charge < -0.3 is 15.2 Å². The molecule has 102 valence electrons. The van der Waals surface area contributed by atoms with E-state index in [4.69, 9.17) is 15.2 Å². The zero-order valence-electron chi connectivity index (χ0n) is 11.2. The Morgan fingerprint density at radius 1 is 0.765 bits per heavy atom. The van der Waals surface area contributed by atoms with E-state index in [0.717, 1.165) is 19.6 Å². The summed E-state index contributed by atoms with van der Waals surface area (Å²) in [7, 11) is 0. The molecule has 3 heteroatoms. The largest absolute Gasteiger partial charge is 0.499 e. The molecule has 0 aromatic rings.